The third kappa shape index (κ3) is 5.68. The number of thioether (sulfide) groups is 1. The number of imidazole rings is 1. The summed E-state index contributed by atoms with van der Waals surface area (Å²) in [5.74, 6) is 1.46. The lowest BCUT2D eigenvalue weighted by Crippen LogP contribution is -2.14. The molecule has 0 aliphatic rings. The van der Waals surface area contributed by atoms with E-state index in [0.29, 0.717) is 12.5 Å². The number of nitrogens with zero attached hydrogens (tertiary/aromatic N) is 3. The van der Waals surface area contributed by atoms with Crippen molar-refractivity contribution in [3.05, 3.63) is 82.4 Å². The highest BCUT2D eigenvalue weighted by atomic mass is 32.2. The molecule has 150 valence electrons. The van der Waals surface area contributed by atoms with Crippen molar-refractivity contribution in [2.24, 2.45) is 0 Å². The van der Waals surface area contributed by atoms with Gasteiger partial charge in [0, 0.05) is 47.6 Å². The second-order valence-corrected chi connectivity index (χ2v) is 7.91. The molecule has 0 saturated carbocycles. The van der Waals surface area contributed by atoms with Crippen LogP contribution in [0.25, 0.3) is 0 Å². The second kappa shape index (κ2) is 9.38. The molecular formula is C21H22N4O3S. The average Bonchev–Trinajstić information content (AvgIpc) is 3.15. The first kappa shape index (κ1) is 20.6. The predicted molar refractivity (Wildman–Crippen MR) is 114 cm³/mol. The van der Waals surface area contributed by atoms with Crippen molar-refractivity contribution < 1.29 is 9.72 Å². The van der Waals surface area contributed by atoms with E-state index < -0.39 is 4.92 Å². The van der Waals surface area contributed by atoms with Crippen molar-refractivity contribution in [1.82, 2.24) is 9.55 Å². The second-order valence-electron chi connectivity index (χ2n) is 6.86. The van der Waals surface area contributed by atoms with Crippen LogP contribution in [0.5, 0.6) is 0 Å². The molecule has 3 rings (SSSR count). The number of carbonyl (C=O) groups is 1. The fourth-order valence-electron chi connectivity index (χ4n) is 2.91. The Hall–Kier alpha value is -3.13. The summed E-state index contributed by atoms with van der Waals surface area (Å²) in [7, 11) is 0. The first-order valence-corrected chi connectivity index (χ1v) is 10.2. The van der Waals surface area contributed by atoms with Crippen LogP contribution < -0.4 is 5.32 Å². The fraction of sp³-hybridized carbons (Fsp3) is 0.238. The lowest BCUT2D eigenvalue weighted by molar-refractivity contribution is -0.384. The summed E-state index contributed by atoms with van der Waals surface area (Å²) < 4.78 is 2.11. The Morgan fingerprint density at radius 1 is 1.24 bits per heavy atom. The molecule has 0 saturated heterocycles. The van der Waals surface area contributed by atoms with Crippen LogP contribution in [-0.2, 0) is 11.3 Å². The summed E-state index contributed by atoms with van der Waals surface area (Å²) >= 11 is 1.33. The van der Waals surface area contributed by atoms with Crippen LogP contribution in [0.1, 0.15) is 31.2 Å². The molecule has 0 unspecified atom stereocenters. The third-order valence-electron chi connectivity index (χ3n) is 4.25. The van der Waals surface area contributed by atoms with E-state index in [0.717, 1.165) is 22.0 Å². The van der Waals surface area contributed by atoms with Crippen LogP contribution in [0, 0.1) is 10.1 Å². The number of nitro benzene ring substituents is 1. The van der Waals surface area contributed by atoms with Gasteiger partial charge in [-0.05, 0) is 29.8 Å². The number of hydrogen-bond acceptors (Lipinski definition) is 5. The number of anilines is 1. The number of rotatable bonds is 8. The summed E-state index contributed by atoms with van der Waals surface area (Å²) in [6.45, 7) is 4.91. The molecule has 7 nitrogen and oxygen atoms in total. The van der Waals surface area contributed by atoms with Crippen molar-refractivity contribution in [2.45, 2.75) is 31.2 Å². The highest BCUT2D eigenvalue weighted by Gasteiger charge is 2.09. The Labute approximate surface area is 173 Å². The van der Waals surface area contributed by atoms with Crippen LogP contribution in [0.15, 0.2) is 65.8 Å². The Bertz CT molecular complexity index is 999. The zero-order chi connectivity index (χ0) is 20.8. The van der Waals surface area contributed by atoms with E-state index in [1.165, 1.54) is 23.9 Å². The van der Waals surface area contributed by atoms with E-state index in [4.69, 9.17) is 0 Å². The Kier molecular flexibility index (Phi) is 6.66. The maximum atomic E-state index is 12.3. The summed E-state index contributed by atoms with van der Waals surface area (Å²) in [6.07, 6.45) is 3.76. The summed E-state index contributed by atoms with van der Waals surface area (Å²) in [5, 5.41) is 13.6. The summed E-state index contributed by atoms with van der Waals surface area (Å²) in [4.78, 5) is 27.7. The minimum atomic E-state index is -0.442. The maximum Gasteiger partial charge on any atom is 0.269 e. The highest BCUT2D eigenvalue weighted by Crippen LogP contribution is 2.22. The van der Waals surface area contributed by atoms with Gasteiger partial charge in [-0.3, -0.25) is 14.9 Å². The van der Waals surface area contributed by atoms with E-state index in [1.54, 1.807) is 18.3 Å². The number of nitrogens with one attached hydrogen (secondary N) is 1. The average molecular weight is 410 g/mol. The van der Waals surface area contributed by atoms with Crippen LogP contribution in [0.2, 0.25) is 0 Å². The molecule has 1 aromatic heterocycles. The van der Waals surface area contributed by atoms with Gasteiger partial charge in [0.1, 0.15) is 5.82 Å². The molecule has 0 aliphatic heterocycles. The van der Waals surface area contributed by atoms with Crippen molar-refractivity contribution in [1.29, 1.82) is 0 Å². The topological polar surface area (TPSA) is 90.1 Å². The highest BCUT2D eigenvalue weighted by molar-refractivity contribution is 8.00. The Morgan fingerprint density at radius 2 is 2.00 bits per heavy atom. The number of benzene rings is 2. The van der Waals surface area contributed by atoms with Gasteiger partial charge in [-0.2, -0.15) is 0 Å². The van der Waals surface area contributed by atoms with Gasteiger partial charge in [0.05, 0.1) is 10.7 Å². The van der Waals surface area contributed by atoms with E-state index in [9.17, 15) is 14.9 Å². The van der Waals surface area contributed by atoms with Crippen molar-refractivity contribution >= 4 is 29.0 Å². The van der Waals surface area contributed by atoms with E-state index in [2.05, 4.69) is 28.7 Å². The molecule has 0 spiro atoms. The summed E-state index contributed by atoms with van der Waals surface area (Å²) in [5.41, 5.74) is 1.85. The van der Waals surface area contributed by atoms with Gasteiger partial charge in [0.2, 0.25) is 5.91 Å². The third-order valence-corrected chi connectivity index (χ3v) is 5.26. The molecule has 0 radical (unpaired) electrons. The van der Waals surface area contributed by atoms with Gasteiger partial charge in [0.15, 0.2) is 0 Å². The monoisotopic (exact) mass is 410 g/mol. The van der Waals surface area contributed by atoms with E-state index >= 15 is 0 Å². The van der Waals surface area contributed by atoms with Crippen LogP contribution in [0.4, 0.5) is 11.4 Å². The lowest BCUT2D eigenvalue weighted by Gasteiger charge is -2.12. The molecular weight excluding hydrogens is 388 g/mol. The smallest absolute Gasteiger partial charge is 0.269 e. The zero-order valence-electron chi connectivity index (χ0n) is 16.2. The molecule has 0 fully saturated rings. The Balaban J connectivity index is 1.57. The normalized spacial score (nSPS) is 10.9. The number of non-ortho nitro benzene ring substituents is 1. The molecule has 0 atom stereocenters. The van der Waals surface area contributed by atoms with Gasteiger partial charge in [0.25, 0.3) is 5.69 Å². The molecule has 8 heteroatoms. The first-order chi connectivity index (χ1) is 13.9. The van der Waals surface area contributed by atoms with Crippen LogP contribution >= 0.6 is 11.8 Å². The van der Waals surface area contributed by atoms with Gasteiger partial charge in [-0.15, -0.1) is 11.8 Å². The number of carbonyl (C=O) groups excluding carboxylic acids is 1. The minimum absolute atomic E-state index is 0.0362. The quantitative estimate of drug-likeness (QED) is 0.330. The number of hydrogen-bond donors (Lipinski definition) is 1. The van der Waals surface area contributed by atoms with Crippen molar-refractivity contribution in [3.8, 4) is 0 Å². The number of aromatic nitrogens is 2. The summed E-state index contributed by atoms with van der Waals surface area (Å²) in [6, 6.07) is 13.9. The predicted octanol–water partition coefficient (Wildman–Crippen LogP) is 4.69. The van der Waals surface area contributed by atoms with Crippen LogP contribution in [0.3, 0.4) is 0 Å². The molecule has 2 aromatic carbocycles. The van der Waals surface area contributed by atoms with Gasteiger partial charge in [-0.1, -0.05) is 26.0 Å². The van der Waals surface area contributed by atoms with Crippen LogP contribution in [-0.4, -0.2) is 26.1 Å². The molecule has 1 amide bonds. The molecule has 1 N–H and O–H groups in total. The van der Waals surface area contributed by atoms with Crippen molar-refractivity contribution in [3.63, 3.8) is 0 Å². The Morgan fingerprint density at radius 3 is 2.69 bits per heavy atom. The molecule has 0 bridgehead atoms. The molecule has 3 aromatic rings. The molecule has 0 aliphatic carbocycles. The maximum absolute atomic E-state index is 12.3. The SMILES string of the molecule is CC(C)c1nccn1Cc1cccc(NC(=O)CSc2ccc([N+](=O)[O-])cc2)c1. The lowest BCUT2D eigenvalue weighted by atomic mass is 10.1. The van der Waals surface area contributed by atoms with Gasteiger partial charge >= 0.3 is 0 Å². The van der Waals surface area contributed by atoms with Crippen molar-refractivity contribution in [2.75, 3.05) is 11.1 Å². The largest absolute Gasteiger partial charge is 0.330 e. The first-order valence-electron chi connectivity index (χ1n) is 9.19. The van der Waals surface area contributed by atoms with Gasteiger partial charge < -0.3 is 9.88 Å². The molecule has 1 heterocycles. The molecule has 29 heavy (non-hydrogen) atoms. The fourth-order valence-corrected chi connectivity index (χ4v) is 3.61. The van der Waals surface area contributed by atoms with E-state index in [-0.39, 0.29) is 17.3 Å². The number of nitro groups is 1. The standard InChI is InChI=1S/C21H22N4O3S/c1-15(2)21-22-10-11-24(21)13-16-4-3-5-17(12-16)23-20(26)14-29-19-8-6-18(7-9-19)25(27)28/h3-12,15H,13-14H2,1-2H3,(H,23,26). The zero-order valence-corrected chi connectivity index (χ0v) is 17.1. The minimum Gasteiger partial charge on any atom is -0.330 e. The van der Waals surface area contributed by atoms with E-state index in [1.807, 2.05) is 30.5 Å². The number of amides is 1. The van der Waals surface area contributed by atoms with Gasteiger partial charge in [-0.25, -0.2) is 4.98 Å².